The van der Waals surface area contributed by atoms with Crippen molar-refractivity contribution in [2.45, 2.75) is 6.29 Å². The predicted octanol–water partition coefficient (Wildman–Crippen LogP) is 2.23. The van der Waals surface area contributed by atoms with Gasteiger partial charge in [0.2, 0.25) is 0 Å². The van der Waals surface area contributed by atoms with Crippen LogP contribution in [0.2, 0.25) is 0 Å². The Kier molecular flexibility index (Phi) is 2.53. The number of ether oxygens (including phenoxy) is 3. The smallest absolute Gasteiger partial charge is 0.186 e. The molecule has 0 atom stereocenters. The first kappa shape index (κ1) is 10.6. The minimum Gasteiger partial charge on any atom is -0.497 e. The third-order valence-electron chi connectivity index (χ3n) is 3.10. The molecule has 0 radical (unpaired) electrons. The highest BCUT2D eigenvalue weighted by Gasteiger charge is 2.22. The van der Waals surface area contributed by atoms with Crippen LogP contribution < -0.4 is 4.74 Å². The summed E-state index contributed by atoms with van der Waals surface area (Å²) in [5.41, 5.74) is 2.22. The first-order valence-corrected chi connectivity index (χ1v) is 5.66. The van der Waals surface area contributed by atoms with Crippen LogP contribution >= 0.6 is 0 Å². The van der Waals surface area contributed by atoms with E-state index in [0.29, 0.717) is 13.2 Å². The molecule has 4 heteroatoms. The average Bonchev–Trinajstić information content (AvgIpc) is 2.97. The topological polar surface area (TPSA) is 32.6 Å². The lowest BCUT2D eigenvalue weighted by atomic mass is 10.1. The van der Waals surface area contributed by atoms with Gasteiger partial charge in [-0.15, -0.1) is 0 Å². The second kappa shape index (κ2) is 4.05. The number of aryl methyl sites for hydroxylation is 1. The molecule has 2 aromatic rings. The van der Waals surface area contributed by atoms with Crippen LogP contribution in [-0.4, -0.2) is 24.9 Å². The fraction of sp³-hybridized carbons (Fsp3) is 0.385. The van der Waals surface area contributed by atoms with Crippen LogP contribution in [0.5, 0.6) is 5.75 Å². The first-order chi connectivity index (χ1) is 8.29. The van der Waals surface area contributed by atoms with Crippen LogP contribution in [0.3, 0.4) is 0 Å². The monoisotopic (exact) mass is 233 g/mol. The zero-order valence-corrected chi connectivity index (χ0v) is 9.97. The van der Waals surface area contributed by atoms with Gasteiger partial charge in [-0.25, -0.2) is 0 Å². The summed E-state index contributed by atoms with van der Waals surface area (Å²) in [5.74, 6) is 0.850. The van der Waals surface area contributed by atoms with Crippen molar-refractivity contribution in [2.75, 3.05) is 20.3 Å². The van der Waals surface area contributed by atoms with Crippen molar-refractivity contribution in [1.82, 2.24) is 4.57 Å². The normalized spacial score (nSPS) is 16.8. The number of benzene rings is 1. The molecule has 0 saturated carbocycles. The third-order valence-corrected chi connectivity index (χ3v) is 3.10. The Morgan fingerprint density at radius 3 is 2.76 bits per heavy atom. The maximum Gasteiger partial charge on any atom is 0.186 e. The third kappa shape index (κ3) is 1.69. The lowest BCUT2D eigenvalue weighted by Crippen LogP contribution is -1.96. The molecule has 4 nitrogen and oxygen atoms in total. The molecule has 3 rings (SSSR count). The number of methoxy groups -OCH3 is 1. The first-order valence-electron chi connectivity index (χ1n) is 5.66. The van der Waals surface area contributed by atoms with Gasteiger partial charge in [0.1, 0.15) is 5.75 Å². The van der Waals surface area contributed by atoms with Gasteiger partial charge >= 0.3 is 0 Å². The van der Waals surface area contributed by atoms with E-state index < -0.39 is 0 Å². The van der Waals surface area contributed by atoms with E-state index in [2.05, 4.69) is 10.8 Å². The number of hydrogen-bond donors (Lipinski definition) is 0. The number of rotatable bonds is 2. The van der Waals surface area contributed by atoms with E-state index in [-0.39, 0.29) is 6.29 Å². The summed E-state index contributed by atoms with van der Waals surface area (Å²) in [6.07, 6.45) is 1.81. The standard InChI is InChI=1S/C13H15NO3/c1-14-8-11(13-16-5-6-17-13)10-7-9(15-2)3-4-12(10)14/h3-4,7-8,13H,5-6H2,1-2H3. The Hall–Kier alpha value is -1.52. The number of hydrogen-bond acceptors (Lipinski definition) is 3. The summed E-state index contributed by atoms with van der Waals surface area (Å²) in [5, 5.41) is 1.12. The average molecular weight is 233 g/mol. The second-order valence-electron chi connectivity index (χ2n) is 4.15. The Morgan fingerprint density at radius 2 is 2.06 bits per heavy atom. The van der Waals surface area contributed by atoms with E-state index in [4.69, 9.17) is 14.2 Å². The summed E-state index contributed by atoms with van der Waals surface area (Å²) in [7, 11) is 3.69. The second-order valence-corrected chi connectivity index (χ2v) is 4.15. The van der Waals surface area contributed by atoms with Crippen LogP contribution in [0.15, 0.2) is 24.4 Å². The molecule has 0 unspecified atom stereocenters. The maximum atomic E-state index is 5.56. The predicted molar refractivity (Wildman–Crippen MR) is 64.1 cm³/mol. The molecule has 0 aliphatic carbocycles. The molecule has 0 spiro atoms. The Morgan fingerprint density at radius 1 is 1.29 bits per heavy atom. The Balaban J connectivity index is 2.16. The van der Waals surface area contributed by atoms with Crippen LogP contribution in [0.4, 0.5) is 0 Å². The van der Waals surface area contributed by atoms with Crippen molar-refractivity contribution in [3.05, 3.63) is 30.0 Å². The van der Waals surface area contributed by atoms with Crippen molar-refractivity contribution < 1.29 is 14.2 Å². The highest BCUT2D eigenvalue weighted by Crippen LogP contribution is 2.33. The largest absolute Gasteiger partial charge is 0.497 e. The van der Waals surface area contributed by atoms with Crippen molar-refractivity contribution >= 4 is 10.9 Å². The van der Waals surface area contributed by atoms with Crippen LogP contribution in [0, 0.1) is 0 Å². The molecule has 1 aromatic carbocycles. The Labute approximate surface area is 99.7 Å². The van der Waals surface area contributed by atoms with Crippen molar-refractivity contribution in [2.24, 2.45) is 7.05 Å². The van der Waals surface area contributed by atoms with Gasteiger partial charge < -0.3 is 18.8 Å². The Bertz CT molecular complexity index is 541. The number of fused-ring (bicyclic) bond motifs is 1. The highest BCUT2D eigenvalue weighted by atomic mass is 16.7. The zero-order chi connectivity index (χ0) is 11.8. The quantitative estimate of drug-likeness (QED) is 0.797. The van der Waals surface area contributed by atoms with E-state index in [1.54, 1.807) is 7.11 Å². The molecule has 1 fully saturated rings. The molecule has 0 amide bonds. The maximum absolute atomic E-state index is 5.56. The van der Waals surface area contributed by atoms with Crippen LogP contribution in [-0.2, 0) is 16.5 Å². The molecule has 0 N–H and O–H groups in total. The summed E-state index contributed by atoms with van der Waals surface area (Å²) in [6, 6.07) is 6.03. The number of aromatic nitrogens is 1. The molecular formula is C13H15NO3. The van der Waals surface area contributed by atoms with E-state index in [1.165, 1.54) is 0 Å². The summed E-state index contributed by atoms with van der Waals surface area (Å²) < 4.78 is 18.5. The summed E-state index contributed by atoms with van der Waals surface area (Å²) in [6.45, 7) is 1.32. The van der Waals surface area contributed by atoms with Crippen molar-refractivity contribution in [3.8, 4) is 5.75 Å². The van der Waals surface area contributed by atoms with Crippen LogP contribution in [0.25, 0.3) is 10.9 Å². The van der Waals surface area contributed by atoms with Gasteiger partial charge in [0, 0.05) is 29.7 Å². The minimum atomic E-state index is -0.245. The fourth-order valence-electron chi connectivity index (χ4n) is 2.25. The van der Waals surface area contributed by atoms with Gasteiger partial charge in [0.25, 0.3) is 0 Å². The SMILES string of the molecule is COc1ccc2c(c1)c(C1OCCO1)cn2C. The van der Waals surface area contributed by atoms with Gasteiger partial charge in [0.15, 0.2) is 6.29 Å². The zero-order valence-electron chi connectivity index (χ0n) is 9.97. The van der Waals surface area contributed by atoms with Gasteiger partial charge in [-0.3, -0.25) is 0 Å². The van der Waals surface area contributed by atoms with Crippen molar-refractivity contribution in [3.63, 3.8) is 0 Å². The molecule has 1 saturated heterocycles. The molecule has 2 heterocycles. The van der Waals surface area contributed by atoms with E-state index in [1.807, 2.05) is 25.2 Å². The lowest BCUT2D eigenvalue weighted by Gasteiger charge is -2.07. The molecule has 90 valence electrons. The summed E-state index contributed by atoms with van der Waals surface area (Å²) >= 11 is 0. The molecule has 1 aromatic heterocycles. The molecule has 1 aliphatic heterocycles. The molecule has 1 aliphatic rings. The van der Waals surface area contributed by atoms with E-state index in [0.717, 1.165) is 22.2 Å². The van der Waals surface area contributed by atoms with Gasteiger partial charge in [-0.05, 0) is 18.2 Å². The fourth-order valence-corrected chi connectivity index (χ4v) is 2.25. The summed E-state index contributed by atoms with van der Waals surface area (Å²) in [4.78, 5) is 0. The molecular weight excluding hydrogens is 218 g/mol. The van der Waals surface area contributed by atoms with Gasteiger partial charge in [-0.2, -0.15) is 0 Å². The van der Waals surface area contributed by atoms with Crippen molar-refractivity contribution in [1.29, 1.82) is 0 Å². The molecule has 17 heavy (non-hydrogen) atoms. The number of nitrogens with zero attached hydrogens (tertiary/aromatic N) is 1. The van der Waals surface area contributed by atoms with Gasteiger partial charge in [0.05, 0.1) is 20.3 Å². The van der Waals surface area contributed by atoms with Crippen LogP contribution in [0.1, 0.15) is 11.9 Å². The highest BCUT2D eigenvalue weighted by molar-refractivity contribution is 5.85. The lowest BCUT2D eigenvalue weighted by molar-refractivity contribution is -0.0430. The van der Waals surface area contributed by atoms with Gasteiger partial charge in [-0.1, -0.05) is 0 Å². The molecule has 0 bridgehead atoms. The van der Waals surface area contributed by atoms with E-state index >= 15 is 0 Å². The minimum absolute atomic E-state index is 0.245. The van der Waals surface area contributed by atoms with E-state index in [9.17, 15) is 0 Å².